The molecule has 9 aromatic rings. The lowest BCUT2D eigenvalue weighted by molar-refractivity contribution is -0.164. The molecule has 6 aliphatic heterocycles. The summed E-state index contributed by atoms with van der Waals surface area (Å²) in [6.45, 7) is 29.9. The molecule has 9 aromatic carbocycles. The predicted octanol–water partition coefficient (Wildman–Crippen LogP) is 22.5. The molecule has 19 rings (SSSR count). The molecular weight excluding hydrogens is 1700 g/mol. The Bertz CT molecular complexity index is 5670. The van der Waals surface area contributed by atoms with E-state index in [9.17, 15) is 0 Å². The van der Waals surface area contributed by atoms with Crippen LogP contribution in [0.3, 0.4) is 0 Å². The van der Waals surface area contributed by atoms with E-state index in [1.165, 1.54) is 12.1 Å². The van der Waals surface area contributed by atoms with E-state index in [0.717, 1.165) is 52.8 Å². The van der Waals surface area contributed by atoms with Crippen LogP contribution >= 0.6 is 0 Å². The zero-order valence-corrected chi connectivity index (χ0v) is 78.8. The molecule has 0 radical (unpaired) electrons. The highest BCUT2D eigenvalue weighted by Crippen LogP contribution is 2.60. The van der Waals surface area contributed by atoms with Crippen LogP contribution in [-0.4, -0.2) is 199 Å². The van der Waals surface area contributed by atoms with E-state index >= 15 is 41.9 Å². The van der Waals surface area contributed by atoms with Gasteiger partial charge in [-0.25, -0.2) is 0 Å². The Kier molecular flexibility index (Phi) is 26.1. The number of aryl methyl sites for hydroxylation is 4. The fourth-order valence-electron chi connectivity index (χ4n) is 21.9. The van der Waals surface area contributed by atoms with Crippen molar-refractivity contribution in [3.05, 3.63) is 164 Å². The second kappa shape index (κ2) is 37.7. The molecule has 4 aliphatic carbocycles. The summed E-state index contributed by atoms with van der Waals surface area (Å²) in [4.78, 5) is 108. The summed E-state index contributed by atoms with van der Waals surface area (Å²) in [6.07, 6.45) is 0.996. The summed E-state index contributed by atoms with van der Waals surface area (Å²) in [7, 11) is 0. The highest BCUT2D eigenvalue weighted by Gasteiger charge is 2.54. The summed E-state index contributed by atoms with van der Waals surface area (Å²) in [5.41, 5.74) is 6.12. The van der Waals surface area contributed by atoms with Gasteiger partial charge in [0, 0.05) is 67.3 Å². The van der Waals surface area contributed by atoms with Gasteiger partial charge in [-0.3, -0.25) is 38.6 Å². The van der Waals surface area contributed by atoms with Crippen LogP contribution < -0.4 is 18.9 Å². The van der Waals surface area contributed by atoms with E-state index in [4.69, 9.17) is 56.8 Å². The predicted molar refractivity (Wildman–Crippen MR) is 499 cm³/mol. The van der Waals surface area contributed by atoms with Gasteiger partial charge in [0.25, 0.3) is 23.6 Å². The van der Waals surface area contributed by atoms with E-state index in [-0.39, 0.29) is 198 Å². The first-order valence-corrected chi connectivity index (χ1v) is 48.8. The number of carbonyl (C=O) groups is 6. The normalized spacial score (nSPS) is 24.6. The molecule has 14 unspecified atom stereocenters. The van der Waals surface area contributed by atoms with Crippen molar-refractivity contribution < 1.29 is 98.8 Å². The molecule has 6 heterocycles. The van der Waals surface area contributed by atoms with Crippen molar-refractivity contribution in [1.29, 1.82) is 0 Å². The Morgan fingerprint density at radius 2 is 0.609 bits per heavy atom. The molecule has 14 atom stereocenters. The number of ether oxygens (including phenoxy) is 12. The van der Waals surface area contributed by atoms with Crippen LogP contribution in [0.15, 0.2) is 97.1 Å². The molecule has 133 heavy (non-hydrogen) atoms. The number of amides is 6. The topological polar surface area (TPSA) is 239 Å². The number of alkyl halides is 3. The Labute approximate surface area is 776 Å². The Hall–Kier alpha value is -9.83. The van der Waals surface area contributed by atoms with Crippen LogP contribution in [-0.2, 0) is 47.5 Å². The van der Waals surface area contributed by atoms with E-state index in [1.54, 1.807) is 17.0 Å². The first kappa shape index (κ1) is 92.2. The lowest BCUT2D eigenvalue weighted by atomic mass is 9.80. The second-order valence-corrected chi connectivity index (χ2v) is 40.5. The first-order chi connectivity index (χ1) is 63.9. The highest BCUT2D eigenvalue weighted by molar-refractivity contribution is 6.45. The smallest absolute Gasteiger partial charge is 0.391 e. The molecule has 0 N–H and O–H groups in total. The largest absolute Gasteiger partial charge is 0.456 e. The third-order valence-corrected chi connectivity index (χ3v) is 29.5. The maximum Gasteiger partial charge on any atom is 0.391 e. The number of benzene rings is 9. The Balaban J connectivity index is 0.877. The molecule has 6 amide bonds. The monoisotopic (exact) mass is 1820 g/mol. The van der Waals surface area contributed by atoms with Crippen molar-refractivity contribution in [2.75, 3.05) is 52.9 Å². The van der Waals surface area contributed by atoms with Crippen molar-refractivity contribution in [1.82, 2.24) is 19.6 Å². The maximum absolute atomic E-state index is 17.3. The number of nitrogens with zero attached hydrogens (tertiary/aromatic N) is 4. The van der Waals surface area contributed by atoms with E-state index in [2.05, 4.69) is 55.4 Å². The van der Waals surface area contributed by atoms with E-state index in [1.807, 2.05) is 112 Å². The fourth-order valence-corrected chi connectivity index (χ4v) is 21.9. The van der Waals surface area contributed by atoms with Gasteiger partial charge < -0.3 is 66.6 Å². The molecule has 706 valence electrons. The van der Waals surface area contributed by atoms with Crippen molar-refractivity contribution >= 4 is 78.5 Å². The van der Waals surface area contributed by atoms with Gasteiger partial charge in [0.2, 0.25) is 11.8 Å². The number of halogens is 3. The SMILES string of the molecule is CCC(C(=O)N(C1CCCC(OCC2CO2)C1)C1CCCC(OCC2CO2)C1)N1C(=O)c2cc(Oc3ccc(C(C)C)cc3C)c3c4c(Oc5ccc(C(C)C)cc5C)cc5c6c(cc(Oc7ccc(C(C)C)cc7C)c(c7c(Oc8ccc(C(C)C)cc8C)cc(c2c37)C1=O)c64)C(=O)N(C(CC(F)(F)F)C(=O)N(C1CCCC(OCC2CO2)C1)C1CCCC(OCC2CO2)C1)C5=O. The Morgan fingerprint density at radius 3 is 0.835 bits per heavy atom. The zero-order chi connectivity index (χ0) is 93.0. The third kappa shape index (κ3) is 18.9. The van der Waals surface area contributed by atoms with Crippen molar-refractivity contribution in [2.45, 2.75) is 321 Å². The number of rotatable bonds is 34. The summed E-state index contributed by atoms with van der Waals surface area (Å²) in [5.74, 6) is -3.84. The third-order valence-electron chi connectivity index (χ3n) is 29.5. The van der Waals surface area contributed by atoms with Crippen LogP contribution in [0, 0.1) is 27.7 Å². The van der Waals surface area contributed by atoms with Crippen molar-refractivity contribution in [3.8, 4) is 46.0 Å². The van der Waals surface area contributed by atoms with Gasteiger partial charge >= 0.3 is 6.18 Å². The van der Waals surface area contributed by atoms with Gasteiger partial charge in [0.05, 0.1) is 106 Å². The average molecular weight is 1820 g/mol. The molecule has 10 aliphatic rings. The summed E-state index contributed by atoms with van der Waals surface area (Å²) < 4.78 is 129. The number of hydrogen-bond donors (Lipinski definition) is 0. The molecule has 22 nitrogen and oxygen atoms in total. The van der Waals surface area contributed by atoms with Gasteiger partial charge in [-0.1, -0.05) is 111 Å². The van der Waals surface area contributed by atoms with Crippen LogP contribution in [0.1, 0.15) is 287 Å². The quantitative estimate of drug-likeness (QED) is 0.0158. The number of hydrogen-bond acceptors (Lipinski definition) is 18. The minimum absolute atomic E-state index is 0.00683. The number of carbonyl (C=O) groups excluding carboxylic acids is 6. The lowest BCUT2D eigenvalue weighted by Gasteiger charge is -2.47. The van der Waals surface area contributed by atoms with Crippen molar-refractivity contribution in [3.63, 3.8) is 0 Å². The summed E-state index contributed by atoms with van der Waals surface area (Å²) >= 11 is 0. The zero-order valence-electron chi connectivity index (χ0n) is 78.8. The van der Waals surface area contributed by atoms with E-state index in [0.29, 0.717) is 167 Å². The molecule has 4 saturated heterocycles. The lowest BCUT2D eigenvalue weighted by Crippen LogP contribution is -2.61. The molecule has 0 aromatic heterocycles. The average Bonchev–Trinajstić information content (AvgIpc) is 1.66. The number of imide groups is 2. The van der Waals surface area contributed by atoms with Gasteiger partial charge in [0.15, 0.2) is 0 Å². The van der Waals surface area contributed by atoms with Crippen LogP contribution in [0.5, 0.6) is 46.0 Å². The molecule has 8 fully saturated rings. The highest BCUT2D eigenvalue weighted by atomic mass is 19.4. The first-order valence-electron chi connectivity index (χ1n) is 48.8. The standard InChI is InChI=1S/C108H125F3N4O18/c1-14-84(106(120)112(68-19-15-23-72(39-68)122-48-76-52-126-76)69-20-16-24-73(40-69)123-49-77-53-127-77)114-102(116)80-43-90(130-86-31-27-64(56(2)3)35-60(86)10)96-98-92(132-88-33-29-66(58(6)7)37-62(88)12)45-82-95-83(105(119)115(104(82)118)85(47-108(109,110)111)107(121)113(70-21-17-25-74(41-70)124-50-78-54-128-78)71-22-18-26-75(42-71)125-51-79-55-129-79)46-93(133-89-34-30-67(59(8)9)38-63(89)13)99(101(95)98)97-91(44-81(103(114)117)94(80)100(96)97)131-87-32-28-65(57(4)5)36-61(87)11/h27-38,43-46,56-59,68-79,84-85H,14-26,39-42,47-55H2,1-13H3. The van der Waals surface area contributed by atoms with E-state index < -0.39 is 66.3 Å². The fraction of sp³-hybridized carbons (Fsp3) is 0.537. The van der Waals surface area contributed by atoms with Gasteiger partial charge in [-0.05, 0) is 254 Å². The molecule has 0 bridgehead atoms. The second-order valence-electron chi connectivity index (χ2n) is 40.5. The summed E-state index contributed by atoms with van der Waals surface area (Å²) in [5, 5.41) is 1.26. The van der Waals surface area contributed by atoms with Gasteiger partial charge in [-0.2, -0.15) is 13.2 Å². The molecule has 0 spiro atoms. The number of fused-ring (bicyclic) bond motifs is 2. The summed E-state index contributed by atoms with van der Waals surface area (Å²) in [6, 6.07) is 23.6. The van der Waals surface area contributed by atoms with Gasteiger partial charge in [0.1, 0.15) is 82.5 Å². The minimum atomic E-state index is -5.16. The molecule has 25 heteroatoms. The minimum Gasteiger partial charge on any atom is -0.456 e. The van der Waals surface area contributed by atoms with Gasteiger partial charge in [-0.15, -0.1) is 0 Å². The Morgan fingerprint density at radius 1 is 0.361 bits per heavy atom. The maximum atomic E-state index is 17.3. The molecule has 4 saturated carbocycles. The van der Waals surface area contributed by atoms with Crippen molar-refractivity contribution in [2.24, 2.45) is 0 Å². The molecular formula is C108H125F3N4O18. The number of epoxide rings is 4. The van der Waals surface area contributed by atoms with Crippen LogP contribution in [0.4, 0.5) is 13.2 Å². The van der Waals surface area contributed by atoms with Crippen LogP contribution in [0.2, 0.25) is 0 Å². The van der Waals surface area contributed by atoms with Crippen LogP contribution in [0.25, 0.3) is 43.1 Å².